The summed E-state index contributed by atoms with van der Waals surface area (Å²) in [7, 11) is 5.61. The Morgan fingerprint density at radius 1 is 1.14 bits per heavy atom. The molecule has 0 aliphatic rings. The van der Waals surface area contributed by atoms with Crippen molar-refractivity contribution in [1.82, 2.24) is 14.5 Å². The van der Waals surface area contributed by atoms with Gasteiger partial charge in [-0.15, -0.1) is 0 Å². The van der Waals surface area contributed by atoms with Gasteiger partial charge < -0.3 is 19.3 Å². The van der Waals surface area contributed by atoms with Crippen LogP contribution in [0.25, 0.3) is 21.9 Å². The van der Waals surface area contributed by atoms with Gasteiger partial charge in [0, 0.05) is 35.6 Å². The van der Waals surface area contributed by atoms with E-state index < -0.39 is 0 Å². The number of carbonyl (C=O) groups excluding carboxylic acids is 1. The lowest BCUT2D eigenvalue weighted by Gasteiger charge is -2.12. The van der Waals surface area contributed by atoms with E-state index in [1.807, 2.05) is 38.4 Å². The summed E-state index contributed by atoms with van der Waals surface area (Å²) in [6.07, 6.45) is 1.58. The molecule has 0 saturated carbocycles. The number of para-hydroxylation sites is 1. The van der Waals surface area contributed by atoms with E-state index in [-0.39, 0.29) is 17.1 Å². The van der Waals surface area contributed by atoms with Crippen molar-refractivity contribution in [3.63, 3.8) is 0 Å². The number of phenolic OH excluding ortho intramolecular Hbond substituents is 1. The third-order valence-electron chi connectivity index (χ3n) is 5.09. The summed E-state index contributed by atoms with van der Waals surface area (Å²) in [6.45, 7) is 1.68. The molecule has 0 spiro atoms. The molecule has 148 valence electrons. The first-order chi connectivity index (χ1) is 14.0. The third-order valence-corrected chi connectivity index (χ3v) is 5.09. The second-order valence-electron chi connectivity index (χ2n) is 7.28. The minimum atomic E-state index is -0.291. The molecule has 0 fully saturated rings. The molecular weight excluding hydrogens is 366 g/mol. The van der Waals surface area contributed by atoms with Gasteiger partial charge >= 0.3 is 0 Å². The largest absolute Gasteiger partial charge is 0.507 e. The zero-order valence-electron chi connectivity index (χ0n) is 16.7. The molecule has 0 radical (unpaired) electrons. The van der Waals surface area contributed by atoms with Crippen LogP contribution in [0.3, 0.4) is 0 Å². The van der Waals surface area contributed by atoms with Gasteiger partial charge in [0.2, 0.25) is 0 Å². The highest BCUT2D eigenvalue weighted by atomic mass is 16.5. The first-order valence-electron chi connectivity index (χ1n) is 9.43. The Balaban J connectivity index is 1.84. The number of nitrogens with zero attached hydrogens (tertiary/aromatic N) is 3. The van der Waals surface area contributed by atoms with Gasteiger partial charge in [-0.3, -0.25) is 4.79 Å². The Morgan fingerprint density at radius 3 is 2.69 bits per heavy atom. The minimum absolute atomic E-state index is 0.0793. The fourth-order valence-electron chi connectivity index (χ4n) is 3.55. The fourth-order valence-corrected chi connectivity index (χ4v) is 3.55. The van der Waals surface area contributed by atoms with Crippen molar-refractivity contribution in [2.24, 2.45) is 0 Å². The SMILES string of the molecule is COc1ccc(O)c(C(=O)c2cnc3c(c2)c2ccccc2n3CCN(C)C)c1. The summed E-state index contributed by atoms with van der Waals surface area (Å²) >= 11 is 0. The molecule has 0 atom stereocenters. The number of rotatable bonds is 6. The number of carbonyl (C=O) groups is 1. The average molecular weight is 389 g/mol. The van der Waals surface area contributed by atoms with Gasteiger partial charge in [-0.25, -0.2) is 4.98 Å². The number of aromatic hydroxyl groups is 1. The van der Waals surface area contributed by atoms with Crippen LogP contribution in [0.5, 0.6) is 11.5 Å². The van der Waals surface area contributed by atoms with Gasteiger partial charge in [0.1, 0.15) is 17.1 Å². The van der Waals surface area contributed by atoms with Crippen LogP contribution in [-0.2, 0) is 6.54 Å². The van der Waals surface area contributed by atoms with Crippen molar-refractivity contribution in [2.45, 2.75) is 6.54 Å². The number of ether oxygens (including phenoxy) is 1. The van der Waals surface area contributed by atoms with E-state index in [2.05, 4.69) is 20.5 Å². The first kappa shape index (κ1) is 19.0. The monoisotopic (exact) mass is 389 g/mol. The fraction of sp³-hybridized carbons (Fsp3) is 0.217. The van der Waals surface area contributed by atoms with Crippen molar-refractivity contribution in [3.8, 4) is 11.5 Å². The highest BCUT2D eigenvalue weighted by Gasteiger charge is 2.18. The Labute approximate surface area is 169 Å². The summed E-state index contributed by atoms with van der Waals surface area (Å²) < 4.78 is 7.37. The number of methoxy groups -OCH3 is 1. The molecule has 2 aromatic carbocycles. The van der Waals surface area contributed by atoms with Crippen LogP contribution in [0.1, 0.15) is 15.9 Å². The number of hydrogen-bond donors (Lipinski definition) is 1. The lowest BCUT2D eigenvalue weighted by atomic mass is 10.0. The number of ketones is 1. The molecule has 0 unspecified atom stereocenters. The summed E-state index contributed by atoms with van der Waals surface area (Å²) in [5.74, 6) is 0.144. The van der Waals surface area contributed by atoms with E-state index in [1.165, 1.54) is 13.2 Å². The molecule has 29 heavy (non-hydrogen) atoms. The van der Waals surface area contributed by atoms with Crippen molar-refractivity contribution in [3.05, 3.63) is 65.9 Å². The van der Waals surface area contributed by atoms with Crippen LogP contribution in [0.15, 0.2) is 54.7 Å². The molecule has 4 rings (SSSR count). The molecule has 6 nitrogen and oxygen atoms in total. The molecule has 0 amide bonds. The van der Waals surface area contributed by atoms with Crippen molar-refractivity contribution in [1.29, 1.82) is 0 Å². The van der Waals surface area contributed by atoms with Gasteiger partial charge in [0.25, 0.3) is 0 Å². The molecule has 2 aromatic heterocycles. The van der Waals surface area contributed by atoms with Gasteiger partial charge in [-0.1, -0.05) is 18.2 Å². The predicted octanol–water partition coefficient (Wildman–Crippen LogP) is 3.70. The quantitative estimate of drug-likeness (QED) is 0.510. The lowest BCUT2D eigenvalue weighted by molar-refractivity contribution is 0.103. The highest BCUT2D eigenvalue weighted by Crippen LogP contribution is 2.30. The zero-order chi connectivity index (χ0) is 20.5. The van der Waals surface area contributed by atoms with Gasteiger partial charge in [0.05, 0.1) is 18.2 Å². The molecule has 1 N–H and O–H groups in total. The summed E-state index contributed by atoms with van der Waals surface area (Å²) in [5, 5.41) is 12.1. The molecule has 0 saturated heterocycles. The maximum atomic E-state index is 13.1. The number of fused-ring (bicyclic) bond motifs is 3. The molecule has 0 aliphatic heterocycles. The van der Waals surface area contributed by atoms with Gasteiger partial charge in [-0.05, 0) is 44.4 Å². The lowest BCUT2D eigenvalue weighted by Crippen LogP contribution is -2.18. The average Bonchev–Trinajstić information content (AvgIpc) is 3.05. The number of phenols is 1. The Morgan fingerprint density at radius 2 is 1.93 bits per heavy atom. The summed E-state index contributed by atoms with van der Waals surface area (Å²) in [6, 6.07) is 14.6. The van der Waals surface area contributed by atoms with E-state index in [1.54, 1.807) is 18.3 Å². The summed E-state index contributed by atoms with van der Waals surface area (Å²) in [4.78, 5) is 19.8. The third kappa shape index (κ3) is 3.43. The Hall–Kier alpha value is -3.38. The van der Waals surface area contributed by atoms with Crippen LogP contribution >= 0.6 is 0 Å². The van der Waals surface area contributed by atoms with E-state index in [9.17, 15) is 9.90 Å². The van der Waals surface area contributed by atoms with Gasteiger partial charge in [0.15, 0.2) is 5.78 Å². The molecule has 6 heteroatoms. The van der Waals surface area contributed by atoms with Crippen LogP contribution in [0, 0.1) is 0 Å². The molecule has 4 aromatic rings. The second kappa shape index (κ2) is 7.56. The number of pyridine rings is 1. The van der Waals surface area contributed by atoms with E-state index in [0.29, 0.717) is 11.3 Å². The number of likely N-dealkylation sites (N-methyl/N-ethyl adjacent to an activating group) is 1. The number of hydrogen-bond acceptors (Lipinski definition) is 5. The zero-order valence-corrected chi connectivity index (χ0v) is 16.7. The van der Waals surface area contributed by atoms with Crippen LogP contribution in [-0.4, -0.2) is 53.1 Å². The van der Waals surface area contributed by atoms with Crippen molar-refractivity contribution in [2.75, 3.05) is 27.7 Å². The topological polar surface area (TPSA) is 67.6 Å². The van der Waals surface area contributed by atoms with E-state index in [0.717, 1.165) is 35.0 Å². The molecule has 0 bridgehead atoms. The number of aromatic nitrogens is 2. The van der Waals surface area contributed by atoms with Crippen LogP contribution in [0.2, 0.25) is 0 Å². The van der Waals surface area contributed by atoms with Gasteiger partial charge in [-0.2, -0.15) is 0 Å². The highest BCUT2D eigenvalue weighted by molar-refractivity contribution is 6.14. The molecule has 0 aliphatic carbocycles. The van der Waals surface area contributed by atoms with Crippen LogP contribution < -0.4 is 4.74 Å². The molecular formula is C23H23N3O3. The minimum Gasteiger partial charge on any atom is -0.507 e. The van der Waals surface area contributed by atoms with E-state index >= 15 is 0 Å². The van der Waals surface area contributed by atoms with Crippen molar-refractivity contribution < 1.29 is 14.6 Å². The van der Waals surface area contributed by atoms with E-state index in [4.69, 9.17) is 4.74 Å². The second-order valence-corrected chi connectivity index (χ2v) is 7.28. The first-order valence-corrected chi connectivity index (χ1v) is 9.43. The summed E-state index contributed by atoms with van der Waals surface area (Å²) in [5.41, 5.74) is 2.56. The Kier molecular flexibility index (Phi) is 4.94. The maximum Gasteiger partial charge on any atom is 0.198 e. The molecule has 2 heterocycles. The van der Waals surface area contributed by atoms with Crippen LogP contribution in [0.4, 0.5) is 0 Å². The van der Waals surface area contributed by atoms with Crippen molar-refractivity contribution >= 4 is 27.7 Å². The maximum absolute atomic E-state index is 13.1. The number of benzene rings is 2. The standard InChI is InChI=1S/C23H23N3O3/c1-25(2)10-11-26-20-7-5-4-6-17(20)18-12-15(14-24-23(18)26)22(28)19-13-16(29-3)8-9-21(19)27/h4-9,12-14,27H,10-11H2,1-3H3. The normalized spacial score (nSPS) is 11.4. The smallest absolute Gasteiger partial charge is 0.198 e. The predicted molar refractivity (Wildman–Crippen MR) is 114 cm³/mol. The Bertz CT molecular complexity index is 1210.